The average Bonchev–Trinajstić information content (AvgIpc) is 3.01. The van der Waals surface area contributed by atoms with E-state index < -0.39 is 17.8 Å². The molecule has 30 heavy (non-hydrogen) atoms. The number of aromatic nitrogens is 3. The van der Waals surface area contributed by atoms with E-state index >= 15 is 0 Å². The van der Waals surface area contributed by atoms with E-state index in [0.717, 1.165) is 23.1 Å². The van der Waals surface area contributed by atoms with Gasteiger partial charge in [-0.3, -0.25) is 9.78 Å². The Labute approximate surface area is 168 Å². The average molecular weight is 406 g/mol. The summed E-state index contributed by atoms with van der Waals surface area (Å²) in [5.74, 6) is -1.92. The van der Waals surface area contributed by atoms with Gasteiger partial charge in [0.2, 0.25) is 11.6 Å². The Balaban J connectivity index is 1.67. The molecule has 0 saturated heterocycles. The molecule has 2 aromatic heterocycles. The number of ketones is 1. The molecule has 1 N–H and O–H groups in total. The number of nitrogens with zero attached hydrogens (tertiary/aromatic N) is 3. The molecule has 0 atom stereocenters. The summed E-state index contributed by atoms with van der Waals surface area (Å²) in [4.78, 5) is 24.0. The minimum absolute atomic E-state index is 0.221. The molecule has 0 fully saturated rings. The molecule has 5 nitrogen and oxygen atoms in total. The molecule has 0 unspecified atom stereocenters. The van der Waals surface area contributed by atoms with Crippen LogP contribution in [0.4, 0.5) is 24.5 Å². The lowest BCUT2D eigenvalue weighted by Gasteiger charge is -2.12. The SMILES string of the molecule is Cc1ccccc1Nc1ccc2ncc3c(c2c1)-c1cnc(C(F)(F)F)nc1C3=O. The van der Waals surface area contributed by atoms with Crippen molar-refractivity contribution in [1.82, 2.24) is 15.0 Å². The highest BCUT2D eigenvalue weighted by Crippen LogP contribution is 2.41. The van der Waals surface area contributed by atoms with Crippen molar-refractivity contribution in [2.24, 2.45) is 0 Å². The minimum atomic E-state index is -4.73. The van der Waals surface area contributed by atoms with Gasteiger partial charge >= 0.3 is 6.18 Å². The monoisotopic (exact) mass is 406 g/mol. The summed E-state index contributed by atoms with van der Waals surface area (Å²) in [6.07, 6.45) is -2.28. The number of hydrogen-bond donors (Lipinski definition) is 1. The van der Waals surface area contributed by atoms with Crippen LogP contribution in [0.25, 0.3) is 22.0 Å². The van der Waals surface area contributed by atoms with Crippen molar-refractivity contribution in [3.8, 4) is 11.1 Å². The van der Waals surface area contributed by atoms with Crippen molar-refractivity contribution in [3.63, 3.8) is 0 Å². The zero-order valence-corrected chi connectivity index (χ0v) is 15.6. The fraction of sp³-hybridized carbons (Fsp3) is 0.0909. The van der Waals surface area contributed by atoms with E-state index in [1.807, 2.05) is 43.3 Å². The lowest BCUT2D eigenvalue weighted by molar-refractivity contribution is -0.145. The van der Waals surface area contributed by atoms with Gasteiger partial charge in [0.25, 0.3) is 0 Å². The fourth-order valence-electron chi connectivity index (χ4n) is 3.60. The van der Waals surface area contributed by atoms with Gasteiger partial charge in [0, 0.05) is 40.3 Å². The summed E-state index contributed by atoms with van der Waals surface area (Å²) in [5, 5.41) is 3.97. The Kier molecular flexibility index (Phi) is 3.86. The molecule has 4 aromatic rings. The van der Waals surface area contributed by atoms with Crippen LogP contribution < -0.4 is 5.32 Å². The van der Waals surface area contributed by atoms with E-state index in [2.05, 4.69) is 20.3 Å². The predicted molar refractivity (Wildman–Crippen MR) is 106 cm³/mol. The zero-order valence-electron chi connectivity index (χ0n) is 15.6. The predicted octanol–water partition coefficient (Wildman–Crippen LogP) is 5.31. The zero-order chi connectivity index (χ0) is 21.0. The Hall–Kier alpha value is -3.81. The first kappa shape index (κ1) is 18.2. The topological polar surface area (TPSA) is 67.8 Å². The molecule has 1 aliphatic carbocycles. The number of benzene rings is 2. The normalized spacial score (nSPS) is 12.7. The number of pyridine rings is 1. The second-order valence-corrected chi connectivity index (χ2v) is 7.00. The van der Waals surface area contributed by atoms with Crippen LogP contribution in [0.1, 0.15) is 27.4 Å². The number of nitrogens with one attached hydrogen (secondary N) is 1. The minimum Gasteiger partial charge on any atom is -0.355 e. The Bertz CT molecular complexity index is 1350. The second kappa shape index (κ2) is 6.35. The van der Waals surface area contributed by atoms with Crippen LogP contribution in [0.2, 0.25) is 0 Å². The number of carbonyl (C=O) groups excluding carboxylic acids is 1. The molecule has 148 valence electrons. The summed E-state index contributed by atoms with van der Waals surface area (Å²) in [5.41, 5.74) is 4.11. The summed E-state index contributed by atoms with van der Waals surface area (Å²) < 4.78 is 39.0. The van der Waals surface area contributed by atoms with E-state index in [-0.39, 0.29) is 16.8 Å². The number of para-hydroxylation sites is 1. The van der Waals surface area contributed by atoms with Crippen LogP contribution in [0.15, 0.2) is 54.9 Å². The van der Waals surface area contributed by atoms with Crippen LogP contribution in [0.3, 0.4) is 0 Å². The largest absolute Gasteiger partial charge is 0.451 e. The Morgan fingerprint density at radius 3 is 2.50 bits per heavy atom. The van der Waals surface area contributed by atoms with E-state index in [9.17, 15) is 18.0 Å². The third-order valence-electron chi connectivity index (χ3n) is 5.06. The van der Waals surface area contributed by atoms with E-state index in [4.69, 9.17) is 0 Å². The molecule has 0 aliphatic heterocycles. The molecule has 0 spiro atoms. The van der Waals surface area contributed by atoms with Crippen molar-refractivity contribution in [1.29, 1.82) is 0 Å². The van der Waals surface area contributed by atoms with E-state index in [0.29, 0.717) is 16.5 Å². The van der Waals surface area contributed by atoms with Gasteiger partial charge in [-0.2, -0.15) is 13.2 Å². The van der Waals surface area contributed by atoms with Crippen molar-refractivity contribution >= 4 is 28.1 Å². The lowest BCUT2D eigenvalue weighted by atomic mass is 10.0. The second-order valence-electron chi connectivity index (χ2n) is 7.00. The maximum absolute atomic E-state index is 13.0. The van der Waals surface area contributed by atoms with E-state index in [1.165, 1.54) is 6.20 Å². The first-order chi connectivity index (χ1) is 14.3. The number of rotatable bonds is 2. The highest BCUT2D eigenvalue weighted by molar-refractivity contribution is 6.24. The third kappa shape index (κ3) is 2.80. The van der Waals surface area contributed by atoms with Crippen molar-refractivity contribution < 1.29 is 18.0 Å². The number of carbonyl (C=O) groups is 1. The maximum atomic E-state index is 13.0. The lowest BCUT2D eigenvalue weighted by Crippen LogP contribution is -2.13. The number of halogens is 3. The van der Waals surface area contributed by atoms with E-state index in [1.54, 1.807) is 6.07 Å². The van der Waals surface area contributed by atoms with Gasteiger partial charge in [0.15, 0.2) is 0 Å². The highest BCUT2D eigenvalue weighted by Gasteiger charge is 2.38. The van der Waals surface area contributed by atoms with Crippen LogP contribution in [0, 0.1) is 6.92 Å². The fourth-order valence-corrected chi connectivity index (χ4v) is 3.60. The van der Waals surface area contributed by atoms with Gasteiger partial charge in [0.05, 0.1) is 11.1 Å². The summed E-state index contributed by atoms with van der Waals surface area (Å²) in [7, 11) is 0. The molecule has 1 aliphatic rings. The Morgan fingerprint density at radius 2 is 1.73 bits per heavy atom. The molecule has 0 saturated carbocycles. The summed E-state index contributed by atoms with van der Waals surface area (Å²) in [6.45, 7) is 1.98. The van der Waals surface area contributed by atoms with Crippen LogP contribution >= 0.6 is 0 Å². The smallest absolute Gasteiger partial charge is 0.355 e. The first-order valence-electron chi connectivity index (χ1n) is 9.07. The third-order valence-corrected chi connectivity index (χ3v) is 5.06. The first-order valence-corrected chi connectivity index (χ1v) is 9.07. The number of fused-ring (bicyclic) bond motifs is 5. The number of hydrogen-bond acceptors (Lipinski definition) is 5. The van der Waals surface area contributed by atoms with Gasteiger partial charge in [-0.25, -0.2) is 9.97 Å². The standard InChI is InChI=1S/C22H13F3N4O/c1-11-4-2-3-5-16(11)28-12-6-7-17-13(8-12)18-14-9-27-21(22(23,24)25)29-19(14)20(30)15(18)10-26-17/h2-10,28H,1H3. The molecule has 8 heteroatoms. The quantitative estimate of drug-likeness (QED) is 0.431. The molecule has 2 aromatic carbocycles. The number of aryl methyl sites for hydroxylation is 1. The van der Waals surface area contributed by atoms with Crippen LogP contribution in [-0.2, 0) is 6.18 Å². The molecule has 2 heterocycles. The van der Waals surface area contributed by atoms with Gasteiger partial charge in [-0.15, -0.1) is 0 Å². The van der Waals surface area contributed by atoms with Gasteiger partial charge in [-0.05, 0) is 36.8 Å². The molecule has 5 rings (SSSR count). The maximum Gasteiger partial charge on any atom is 0.451 e. The Morgan fingerprint density at radius 1 is 0.967 bits per heavy atom. The summed E-state index contributed by atoms with van der Waals surface area (Å²) >= 11 is 0. The molecule has 0 amide bonds. The number of anilines is 2. The number of alkyl halides is 3. The molecular formula is C22H13F3N4O. The van der Waals surface area contributed by atoms with Gasteiger partial charge < -0.3 is 5.32 Å². The van der Waals surface area contributed by atoms with Gasteiger partial charge in [0.1, 0.15) is 5.69 Å². The van der Waals surface area contributed by atoms with Crippen LogP contribution in [-0.4, -0.2) is 20.7 Å². The van der Waals surface area contributed by atoms with Crippen molar-refractivity contribution in [2.45, 2.75) is 13.1 Å². The highest BCUT2D eigenvalue weighted by atomic mass is 19.4. The molecule has 0 radical (unpaired) electrons. The molecule has 0 bridgehead atoms. The van der Waals surface area contributed by atoms with Crippen molar-refractivity contribution in [3.05, 3.63) is 77.5 Å². The molecular weight excluding hydrogens is 393 g/mol. The van der Waals surface area contributed by atoms with Gasteiger partial charge in [-0.1, -0.05) is 18.2 Å². The van der Waals surface area contributed by atoms with Crippen LogP contribution in [0.5, 0.6) is 0 Å². The summed E-state index contributed by atoms with van der Waals surface area (Å²) in [6, 6.07) is 13.3. The van der Waals surface area contributed by atoms with Crippen molar-refractivity contribution in [2.75, 3.05) is 5.32 Å².